The van der Waals surface area contributed by atoms with E-state index in [1.54, 1.807) is 0 Å². The number of cyclic esters (lactones) is 4. The van der Waals surface area contributed by atoms with Crippen molar-refractivity contribution in [3.8, 4) is 0 Å². The first kappa shape index (κ1) is 41.9. The first-order valence-corrected chi connectivity index (χ1v) is 12.9. The zero-order valence-corrected chi connectivity index (χ0v) is 24.6. The van der Waals surface area contributed by atoms with E-state index in [0.29, 0.717) is 0 Å². The second kappa shape index (κ2) is 24.3. The summed E-state index contributed by atoms with van der Waals surface area (Å²) in [5, 5.41) is 33.0. The fraction of sp³-hybridized carbons (Fsp3) is 0.680. The van der Waals surface area contributed by atoms with Gasteiger partial charge in [-0.3, -0.25) is 9.59 Å². The van der Waals surface area contributed by atoms with Crippen LogP contribution in [0.1, 0.15) is 40.5 Å². The van der Waals surface area contributed by atoms with E-state index in [4.69, 9.17) is 20.4 Å². The van der Waals surface area contributed by atoms with Crippen molar-refractivity contribution < 1.29 is 91.9 Å². The Bertz CT molecular complexity index is 869. The molecule has 0 amide bonds. The van der Waals surface area contributed by atoms with Gasteiger partial charge in [0, 0.05) is 6.42 Å². The maximum absolute atomic E-state index is 11.2. The minimum atomic E-state index is -1.34. The number of carbonyl (C=O) groups is 8. The van der Waals surface area contributed by atoms with Crippen LogP contribution in [0.25, 0.3) is 0 Å². The zero-order chi connectivity index (χ0) is 34.2. The number of hydrogen-bond donors (Lipinski definition) is 4. The summed E-state index contributed by atoms with van der Waals surface area (Å²) < 4.78 is 31.4. The van der Waals surface area contributed by atoms with Gasteiger partial charge in [-0.25, -0.2) is 28.8 Å². The predicted octanol–water partition coefficient (Wildman–Crippen LogP) is -3.35. The zero-order valence-electron chi connectivity index (χ0n) is 24.6. The van der Waals surface area contributed by atoms with Gasteiger partial charge in [-0.1, -0.05) is 0 Å². The second-order valence-electron chi connectivity index (χ2n) is 8.29. The molecule has 44 heavy (non-hydrogen) atoms. The molecule has 0 aromatic rings. The van der Waals surface area contributed by atoms with Crippen molar-refractivity contribution in [2.75, 3.05) is 46.2 Å². The van der Waals surface area contributed by atoms with Crippen LogP contribution < -0.4 is 0 Å². The molecule has 4 N–H and O–H groups in total. The van der Waals surface area contributed by atoms with E-state index in [-0.39, 0.29) is 52.5 Å². The lowest BCUT2D eigenvalue weighted by Gasteiger charge is -2.22. The Labute approximate surface area is 251 Å². The maximum atomic E-state index is 11.2. The molecule has 2 saturated heterocycles. The highest BCUT2D eigenvalue weighted by molar-refractivity contribution is 5.87. The van der Waals surface area contributed by atoms with E-state index in [9.17, 15) is 38.4 Å². The molecular formula is C25H38O19. The van der Waals surface area contributed by atoms with E-state index in [1.807, 2.05) is 0 Å². The van der Waals surface area contributed by atoms with E-state index >= 15 is 0 Å². The van der Waals surface area contributed by atoms with Gasteiger partial charge in [0.25, 0.3) is 0 Å². The van der Waals surface area contributed by atoms with Crippen molar-refractivity contribution in [1.82, 2.24) is 0 Å². The standard InChI is InChI=1S/C13H20O9.C6H8O4.C4H4O4.C2H6O2/c1-8(14)10(16)3-4-11(17)20-5-6-21-12(18)7-22-13(19)9(2)15;1-3-5(7)10-4(2)6(8)9-3;5-3-1-7-4(6)2-8-3;3-1-2-4/h8-9,14-15H,3-7H2,1-2H3;3-4H,1-2H3;1-2H2;3-4H,1-2H2. The molecule has 19 heteroatoms. The summed E-state index contributed by atoms with van der Waals surface area (Å²) in [6.45, 7) is 3.63. The van der Waals surface area contributed by atoms with Crippen LogP contribution >= 0.6 is 0 Å². The summed E-state index contributed by atoms with van der Waals surface area (Å²) in [4.78, 5) is 85.7. The van der Waals surface area contributed by atoms with Crippen LogP contribution in [0.15, 0.2) is 0 Å². The number of aliphatic hydroxyl groups excluding tert-OH is 4. The number of hydrogen-bond acceptors (Lipinski definition) is 19. The number of esters is 7. The van der Waals surface area contributed by atoms with Crippen molar-refractivity contribution in [3.63, 3.8) is 0 Å². The Morgan fingerprint density at radius 2 is 1.16 bits per heavy atom. The third-order valence-corrected chi connectivity index (χ3v) is 4.38. The van der Waals surface area contributed by atoms with Crippen molar-refractivity contribution in [2.45, 2.75) is 65.0 Å². The molecule has 2 fully saturated rings. The maximum Gasteiger partial charge on any atom is 0.347 e. The second-order valence-corrected chi connectivity index (χ2v) is 8.29. The van der Waals surface area contributed by atoms with Crippen molar-refractivity contribution >= 4 is 47.6 Å². The van der Waals surface area contributed by atoms with Crippen LogP contribution in [0.5, 0.6) is 0 Å². The molecule has 0 bridgehead atoms. The fourth-order valence-corrected chi connectivity index (χ4v) is 2.11. The van der Waals surface area contributed by atoms with Crippen LogP contribution in [-0.4, -0.2) is 139 Å². The highest BCUT2D eigenvalue weighted by atomic mass is 16.6. The molecule has 2 rings (SSSR count). The van der Waals surface area contributed by atoms with Gasteiger partial charge in [0.1, 0.15) is 25.4 Å². The van der Waals surface area contributed by atoms with Crippen LogP contribution in [0.3, 0.4) is 0 Å². The normalized spacial score (nSPS) is 18.2. The quantitative estimate of drug-likeness (QED) is 0.0972. The molecular weight excluding hydrogens is 604 g/mol. The fourth-order valence-electron chi connectivity index (χ4n) is 2.11. The molecule has 0 spiro atoms. The summed E-state index contributed by atoms with van der Waals surface area (Å²) in [5.41, 5.74) is 0. The molecule has 4 atom stereocenters. The Hall–Kier alpha value is -4.20. The smallest absolute Gasteiger partial charge is 0.347 e. The van der Waals surface area contributed by atoms with E-state index in [1.165, 1.54) is 27.7 Å². The number of Topliss-reactive ketones (excluding diaryl/α,β-unsaturated/α-hetero) is 1. The monoisotopic (exact) mass is 642 g/mol. The van der Waals surface area contributed by atoms with Crippen LogP contribution in [0.2, 0.25) is 0 Å². The van der Waals surface area contributed by atoms with Crippen LogP contribution in [0, 0.1) is 0 Å². The number of ketones is 1. The van der Waals surface area contributed by atoms with Gasteiger partial charge >= 0.3 is 41.8 Å². The molecule has 0 aromatic heterocycles. The number of aliphatic hydroxyl groups is 4. The van der Waals surface area contributed by atoms with E-state index in [0.717, 1.165) is 0 Å². The average molecular weight is 643 g/mol. The van der Waals surface area contributed by atoms with Crippen LogP contribution in [-0.2, 0) is 71.5 Å². The molecule has 0 saturated carbocycles. The minimum absolute atomic E-state index is 0.125. The molecule has 0 radical (unpaired) electrons. The van der Waals surface area contributed by atoms with Crippen molar-refractivity contribution in [2.24, 2.45) is 0 Å². The molecule has 2 heterocycles. The first-order chi connectivity index (χ1) is 20.5. The van der Waals surface area contributed by atoms with Gasteiger partial charge in [0.15, 0.2) is 37.8 Å². The highest BCUT2D eigenvalue weighted by Gasteiger charge is 2.32. The molecule has 2 aliphatic heterocycles. The number of ether oxygens (including phenoxy) is 7. The Kier molecular flexibility index (Phi) is 23.1. The average Bonchev–Trinajstić information content (AvgIpc) is 2.98. The van der Waals surface area contributed by atoms with Crippen molar-refractivity contribution in [1.29, 1.82) is 0 Å². The predicted molar refractivity (Wildman–Crippen MR) is 138 cm³/mol. The van der Waals surface area contributed by atoms with E-state index < -0.39 is 78.6 Å². The lowest BCUT2D eigenvalue weighted by molar-refractivity contribution is -0.191. The van der Waals surface area contributed by atoms with E-state index in [2.05, 4.69) is 33.2 Å². The van der Waals surface area contributed by atoms with Gasteiger partial charge in [-0.2, -0.15) is 0 Å². The minimum Gasteiger partial charge on any atom is -0.462 e. The lowest BCUT2D eigenvalue weighted by atomic mass is 10.1. The summed E-state index contributed by atoms with van der Waals surface area (Å²) in [5.74, 6) is -4.86. The molecule has 0 aromatic carbocycles. The number of rotatable bonds is 11. The Morgan fingerprint density at radius 3 is 1.52 bits per heavy atom. The molecule has 19 nitrogen and oxygen atoms in total. The van der Waals surface area contributed by atoms with Gasteiger partial charge in [0.2, 0.25) is 0 Å². The summed E-state index contributed by atoms with van der Waals surface area (Å²) in [6, 6.07) is 0. The van der Waals surface area contributed by atoms with Crippen LogP contribution in [0.4, 0.5) is 0 Å². The Balaban J connectivity index is 0. The molecule has 0 aliphatic carbocycles. The largest absolute Gasteiger partial charge is 0.462 e. The van der Waals surface area contributed by atoms with Gasteiger partial charge < -0.3 is 53.6 Å². The molecule has 252 valence electrons. The third kappa shape index (κ3) is 22.4. The summed E-state index contributed by atoms with van der Waals surface area (Å²) >= 11 is 0. The summed E-state index contributed by atoms with van der Waals surface area (Å²) in [7, 11) is 0. The summed E-state index contributed by atoms with van der Waals surface area (Å²) in [6.07, 6.45) is -4.27. The van der Waals surface area contributed by atoms with Crippen molar-refractivity contribution in [3.05, 3.63) is 0 Å². The molecule has 4 unspecified atom stereocenters. The van der Waals surface area contributed by atoms with Gasteiger partial charge in [-0.15, -0.1) is 0 Å². The topological polar surface area (TPSA) is 282 Å². The SMILES string of the molecule is CC(O)C(=O)CCC(=O)OCCOC(=O)COC(=O)C(C)O.CC1OC(=O)C(C)OC1=O.O=C1COC(=O)CO1.OCCO. The highest BCUT2D eigenvalue weighted by Crippen LogP contribution is 2.08. The Morgan fingerprint density at radius 1 is 0.727 bits per heavy atom. The number of carbonyl (C=O) groups excluding carboxylic acids is 8. The third-order valence-electron chi connectivity index (χ3n) is 4.38. The molecule has 2 aliphatic rings. The van der Waals surface area contributed by atoms with Gasteiger partial charge in [-0.05, 0) is 27.7 Å². The first-order valence-electron chi connectivity index (χ1n) is 12.9. The lowest BCUT2D eigenvalue weighted by Crippen LogP contribution is -2.40. The van der Waals surface area contributed by atoms with Gasteiger partial charge in [0.05, 0.1) is 19.6 Å².